The Hall–Kier alpha value is -3.48. The van der Waals surface area contributed by atoms with Gasteiger partial charge in [0, 0.05) is 7.05 Å². The van der Waals surface area contributed by atoms with Crippen molar-refractivity contribution in [2.75, 3.05) is 7.05 Å². The van der Waals surface area contributed by atoms with E-state index in [9.17, 15) is 14.0 Å². The molecule has 7 heteroatoms. The molecule has 2 aromatic heterocycles. The lowest BCUT2D eigenvalue weighted by Gasteiger charge is -2.15. The highest BCUT2D eigenvalue weighted by Gasteiger charge is 2.19. The van der Waals surface area contributed by atoms with Crippen molar-refractivity contribution in [3.05, 3.63) is 76.2 Å². The van der Waals surface area contributed by atoms with Gasteiger partial charge in [-0.1, -0.05) is 12.1 Å². The number of para-hydroxylation sites is 1. The van der Waals surface area contributed by atoms with E-state index in [4.69, 9.17) is 4.42 Å². The number of amides is 1. The van der Waals surface area contributed by atoms with Gasteiger partial charge < -0.3 is 14.3 Å². The fourth-order valence-corrected chi connectivity index (χ4v) is 2.84. The van der Waals surface area contributed by atoms with Gasteiger partial charge in [0.1, 0.15) is 29.1 Å². The third-order valence-corrected chi connectivity index (χ3v) is 4.14. The lowest BCUT2D eigenvalue weighted by atomic mass is 10.1. The first-order chi connectivity index (χ1) is 12.5. The van der Waals surface area contributed by atoms with Gasteiger partial charge in [0.25, 0.3) is 5.91 Å². The van der Waals surface area contributed by atoms with Crippen molar-refractivity contribution in [1.82, 2.24) is 14.9 Å². The number of benzene rings is 2. The Bertz CT molecular complexity index is 1200. The predicted octanol–water partition coefficient (Wildman–Crippen LogP) is 3.08. The fraction of sp³-hybridized carbons (Fsp3) is 0.105. The van der Waals surface area contributed by atoms with Crippen LogP contribution in [0.4, 0.5) is 4.39 Å². The van der Waals surface area contributed by atoms with Gasteiger partial charge in [0.15, 0.2) is 0 Å². The number of imidazole rings is 1. The Balaban J connectivity index is 1.63. The minimum Gasteiger partial charge on any atom is -0.463 e. The molecule has 0 spiro atoms. The molecule has 2 aromatic carbocycles. The van der Waals surface area contributed by atoms with E-state index < -0.39 is 5.91 Å². The first-order valence-corrected chi connectivity index (χ1v) is 7.93. The first kappa shape index (κ1) is 16.0. The number of halogens is 1. The number of aromatic amines is 1. The predicted molar refractivity (Wildman–Crippen MR) is 94.3 cm³/mol. The van der Waals surface area contributed by atoms with Crippen LogP contribution in [0.15, 0.2) is 57.9 Å². The molecule has 1 amide bonds. The van der Waals surface area contributed by atoms with Gasteiger partial charge in [0.2, 0.25) is 5.43 Å². The van der Waals surface area contributed by atoms with Crippen LogP contribution in [0.25, 0.3) is 22.0 Å². The van der Waals surface area contributed by atoms with Crippen LogP contribution in [0.3, 0.4) is 0 Å². The zero-order valence-corrected chi connectivity index (χ0v) is 13.8. The molecule has 0 saturated heterocycles. The molecule has 0 fully saturated rings. The number of fused-ring (bicyclic) bond motifs is 2. The first-order valence-electron chi connectivity index (χ1n) is 7.93. The van der Waals surface area contributed by atoms with E-state index >= 15 is 0 Å². The zero-order valence-electron chi connectivity index (χ0n) is 13.8. The summed E-state index contributed by atoms with van der Waals surface area (Å²) >= 11 is 0. The largest absolute Gasteiger partial charge is 0.463 e. The van der Waals surface area contributed by atoms with Crippen LogP contribution >= 0.6 is 0 Å². The summed E-state index contributed by atoms with van der Waals surface area (Å²) in [5.41, 5.74) is 1.15. The summed E-state index contributed by atoms with van der Waals surface area (Å²) in [5, 5.41) is 0.353. The molecule has 0 aliphatic rings. The standard InChI is InChI=1S/C19H14FN3O3/c1-23(9-17-21-14-7-6-11(20)8-15(14)22-17)19(25)13-10-26-16-5-3-2-4-12(16)18(13)24/h2-8,10H,9H2,1H3,(H,21,22). The van der Waals surface area contributed by atoms with Gasteiger partial charge in [-0.15, -0.1) is 0 Å². The molecule has 0 aliphatic heterocycles. The van der Waals surface area contributed by atoms with Crippen LogP contribution in [0, 0.1) is 5.82 Å². The maximum absolute atomic E-state index is 13.3. The second kappa shape index (κ2) is 6.11. The number of carbonyl (C=O) groups is 1. The van der Waals surface area contributed by atoms with Crippen LogP contribution in [0.5, 0.6) is 0 Å². The Labute approximate surface area is 146 Å². The van der Waals surface area contributed by atoms with Crippen molar-refractivity contribution in [3.8, 4) is 0 Å². The minimum atomic E-state index is -0.476. The topological polar surface area (TPSA) is 79.2 Å². The highest BCUT2D eigenvalue weighted by atomic mass is 19.1. The van der Waals surface area contributed by atoms with Gasteiger partial charge in [-0.3, -0.25) is 9.59 Å². The SMILES string of the molecule is CN(Cc1nc2ccc(F)cc2[nH]1)C(=O)c1coc2ccccc2c1=O. The van der Waals surface area contributed by atoms with Crippen LogP contribution in [-0.2, 0) is 6.54 Å². The number of H-pyrrole nitrogens is 1. The van der Waals surface area contributed by atoms with Crippen LogP contribution < -0.4 is 5.43 Å². The molecule has 1 N–H and O–H groups in total. The van der Waals surface area contributed by atoms with Crippen LogP contribution in [0.2, 0.25) is 0 Å². The lowest BCUT2D eigenvalue weighted by molar-refractivity contribution is 0.0778. The number of rotatable bonds is 3. The fourth-order valence-electron chi connectivity index (χ4n) is 2.84. The van der Waals surface area contributed by atoms with Crippen molar-refractivity contribution < 1.29 is 13.6 Å². The van der Waals surface area contributed by atoms with Gasteiger partial charge in [-0.05, 0) is 30.3 Å². The summed E-state index contributed by atoms with van der Waals surface area (Å²) in [5.74, 6) is -0.353. The zero-order chi connectivity index (χ0) is 18.3. The van der Waals surface area contributed by atoms with E-state index in [0.717, 1.165) is 0 Å². The summed E-state index contributed by atoms with van der Waals surface area (Å²) in [7, 11) is 1.56. The molecular formula is C19H14FN3O3. The molecule has 0 radical (unpaired) electrons. The molecule has 130 valence electrons. The smallest absolute Gasteiger partial charge is 0.261 e. The molecule has 0 aliphatic carbocycles. The van der Waals surface area contributed by atoms with Crippen molar-refractivity contribution in [2.24, 2.45) is 0 Å². The molecule has 4 aromatic rings. The second-order valence-electron chi connectivity index (χ2n) is 5.98. The molecule has 6 nitrogen and oxygen atoms in total. The van der Waals surface area contributed by atoms with Gasteiger partial charge in [-0.2, -0.15) is 0 Å². The minimum absolute atomic E-state index is 0.0478. The summed E-state index contributed by atoms with van der Waals surface area (Å²) < 4.78 is 18.7. The monoisotopic (exact) mass is 351 g/mol. The van der Waals surface area contributed by atoms with Crippen molar-refractivity contribution >= 4 is 27.9 Å². The Morgan fingerprint density at radius 1 is 1.27 bits per heavy atom. The van der Waals surface area contributed by atoms with E-state index in [1.165, 1.54) is 23.3 Å². The van der Waals surface area contributed by atoms with Crippen molar-refractivity contribution in [1.29, 1.82) is 0 Å². The molecule has 0 bridgehead atoms. The molecular weight excluding hydrogens is 337 g/mol. The number of nitrogens with one attached hydrogen (secondary N) is 1. The third-order valence-electron chi connectivity index (χ3n) is 4.14. The average molecular weight is 351 g/mol. The summed E-state index contributed by atoms with van der Waals surface area (Å²) in [6, 6.07) is 11.0. The third kappa shape index (κ3) is 2.73. The molecule has 2 heterocycles. The summed E-state index contributed by atoms with van der Waals surface area (Å²) in [6.07, 6.45) is 1.18. The van der Waals surface area contributed by atoms with Gasteiger partial charge in [0.05, 0.1) is 23.0 Å². The summed E-state index contributed by atoms with van der Waals surface area (Å²) in [4.78, 5) is 33.8. The Morgan fingerprint density at radius 2 is 2.08 bits per heavy atom. The highest BCUT2D eigenvalue weighted by Crippen LogP contribution is 2.15. The van der Waals surface area contributed by atoms with E-state index in [-0.39, 0.29) is 23.4 Å². The second-order valence-corrected chi connectivity index (χ2v) is 5.98. The lowest BCUT2D eigenvalue weighted by Crippen LogP contribution is -2.30. The molecule has 0 atom stereocenters. The number of hydrogen-bond donors (Lipinski definition) is 1. The summed E-state index contributed by atoms with van der Waals surface area (Å²) in [6.45, 7) is 0.140. The van der Waals surface area contributed by atoms with Crippen molar-refractivity contribution in [3.63, 3.8) is 0 Å². The van der Waals surface area contributed by atoms with Crippen LogP contribution in [0.1, 0.15) is 16.2 Å². The van der Waals surface area contributed by atoms with E-state index in [1.807, 2.05) is 0 Å². The van der Waals surface area contributed by atoms with E-state index in [1.54, 1.807) is 37.4 Å². The maximum atomic E-state index is 13.3. The van der Waals surface area contributed by atoms with Crippen molar-refractivity contribution in [2.45, 2.75) is 6.54 Å². The molecule has 26 heavy (non-hydrogen) atoms. The number of aromatic nitrogens is 2. The van der Waals surface area contributed by atoms with E-state index in [0.29, 0.717) is 27.8 Å². The normalized spacial score (nSPS) is 11.2. The van der Waals surface area contributed by atoms with Gasteiger partial charge in [-0.25, -0.2) is 9.37 Å². The van der Waals surface area contributed by atoms with Crippen LogP contribution in [-0.4, -0.2) is 27.8 Å². The molecule has 4 rings (SSSR count). The average Bonchev–Trinajstić information content (AvgIpc) is 3.03. The number of hydrogen-bond acceptors (Lipinski definition) is 4. The highest BCUT2D eigenvalue weighted by molar-refractivity contribution is 5.96. The molecule has 0 unspecified atom stereocenters. The molecule has 0 saturated carbocycles. The number of carbonyl (C=O) groups excluding carboxylic acids is 1. The Kier molecular flexibility index (Phi) is 3.76. The van der Waals surface area contributed by atoms with Gasteiger partial charge >= 0.3 is 0 Å². The van der Waals surface area contributed by atoms with E-state index in [2.05, 4.69) is 9.97 Å². The number of nitrogens with zero attached hydrogens (tertiary/aromatic N) is 2. The maximum Gasteiger partial charge on any atom is 0.261 e. The Morgan fingerprint density at radius 3 is 2.92 bits per heavy atom. The quantitative estimate of drug-likeness (QED) is 0.615.